The molecule has 0 aromatic carbocycles. The topological polar surface area (TPSA) is 37.0 Å². The molecule has 1 aromatic rings. The Morgan fingerprint density at radius 1 is 1.64 bits per heavy atom. The van der Waals surface area contributed by atoms with Crippen LogP contribution in [0.2, 0.25) is 0 Å². The van der Waals surface area contributed by atoms with Crippen LogP contribution in [0.5, 0.6) is 0 Å². The maximum absolute atomic E-state index is 4.05. The molecule has 1 aliphatic rings. The van der Waals surface area contributed by atoms with Gasteiger partial charge in [-0.05, 0) is 19.4 Å². The van der Waals surface area contributed by atoms with Crippen molar-refractivity contribution in [2.75, 3.05) is 13.1 Å². The Morgan fingerprint density at radius 2 is 2.57 bits per heavy atom. The summed E-state index contributed by atoms with van der Waals surface area (Å²) in [5.41, 5.74) is 1.89. The zero-order chi connectivity index (χ0) is 8.93. The summed E-state index contributed by atoms with van der Waals surface area (Å²) in [6, 6.07) is 0.649. The zero-order valence-corrected chi connectivity index (χ0v) is 9.66. The molecule has 0 spiro atoms. The SMILES string of the molecule is Cl.c1ncc(CNC2CCCNC2)s1. The normalized spacial score (nSPS) is 21.6. The molecular formula is C9H16ClN3S. The van der Waals surface area contributed by atoms with E-state index in [2.05, 4.69) is 15.6 Å². The number of hydrogen-bond acceptors (Lipinski definition) is 4. The molecule has 2 rings (SSSR count). The monoisotopic (exact) mass is 233 g/mol. The van der Waals surface area contributed by atoms with Crippen LogP contribution in [0, 0.1) is 0 Å². The Balaban J connectivity index is 0.000000980. The van der Waals surface area contributed by atoms with Gasteiger partial charge in [0.2, 0.25) is 0 Å². The minimum Gasteiger partial charge on any atom is -0.315 e. The van der Waals surface area contributed by atoms with Gasteiger partial charge >= 0.3 is 0 Å². The van der Waals surface area contributed by atoms with E-state index in [0.717, 1.165) is 13.1 Å². The Kier molecular flexibility index (Phi) is 5.40. The van der Waals surface area contributed by atoms with Crippen LogP contribution in [0.15, 0.2) is 11.7 Å². The van der Waals surface area contributed by atoms with E-state index in [1.54, 1.807) is 11.3 Å². The van der Waals surface area contributed by atoms with Crippen LogP contribution >= 0.6 is 23.7 Å². The van der Waals surface area contributed by atoms with Crippen molar-refractivity contribution in [3.8, 4) is 0 Å². The van der Waals surface area contributed by atoms with Crippen molar-refractivity contribution < 1.29 is 0 Å². The summed E-state index contributed by atoms with van der Waals surface area (Å²) in [4.78, 5) is 5.37. The highest BCUT2D eigenvalue weighted by atomic mass is 35.5. The number of rotatable bonds is 3. The van der Waals surface area contributed by atoms with E-state index < -0.39 is 0 Å². The molecule has 2 N–H and O–H groups in total. The van der Waals surface area contributed by atoms with Gasteiger partial charge in [0.25, 0.3) is 0 Å². The second-order valence-corrected chi connectivity index (χ2v) is 4.36. The summed E-state index contributed by atoms with van der Waals surface area (Å²) in [6.07, 6.45) is 4.53. The van der Waals surface area contributed by atoms with E-state index in [0.29, 0.717) is 6.04 Å². The highest BCUT2D eigenvalue weighted by Gasteiger charge is 2.11. The van der Waals surface area contributed by atoms with Gasteiger partial charge in [0.15, 0.2) is 0 Å². The molecule has 3 nitrogen and oxygen atoms in total. The van der Waals surface area contributed by atoms with Crippen molar-refractivity contribution in [1.29, 1.82) is 0 Å². The summed E-state index contributed by atoms with van der Waals surface area (Å²) < 4.78 is 0. The number of hydrogen-bond donors (Lipinski definition) is 2. The lowest BCUT2D eigenvalue weighted by molar-refractivity contribution is 0.390. The van der Waals surface area contributed by atoms with Gasteiger partial charge in [-0.25, -0.2) is 0 Å². The molecule has 1 fully saturated rings. The minimum absolute atomic E-state index is 0. The highest BCUT2D eigenvalue weighted by Crippen LogP contribution is 2.07. The third kappa shape index (κ3) is 3.53. The Bertz CT molecular complexity index is 234. The fraction of sp³-hybridized carbons (Fsp3) is 0.667. The average molecular weight is 234 g/mol. The minimum atomic E-state index is 0. The predicted molar refractivity (Wildman–Crippen MR) is 62.1 cm³/mol. The number of nitrogens with one attached hydrogen (secondary N) is 2. The molecular weight excluding hydrogens is 218 g/mol. The summed E-state index contributed by atoms with van der Waals surface area (Å²) in [6.45, 7) is 3.26. The lowest BCUT2D eigenvalue weighted by Crippen LogP contribution is -2.42. The van der Waals surface area contributed by atoms with Crippen molar-refractivity contribution in [2.45, 2.75) is 25.4 Å². The summed E-state index contributed by atoms with van der Waals surface area (Å²) >= 11 is 1.72. The maximum Gasteiger partial charge on any atom is 0.0794 e. The lowest BCUT2D eigenvalue weighted by Gasteiger charge is -2.23. The fourth-order valence-electron chi connectivity index (χ4n) is 1.60. The Hall–Kier alpha value is -0.160. The molecule has 0 radical (unpaired) electrons. The number of aromatic nitrogens is 1. The smallest absolute Gasteiger partial charge is 0.0794 e. The summed E-state index contributed by atoms with van der Waals surface area (Å²) in [7, 11) is 0. The standard InChI is InChI=1S/C9H15N3S.ClH/c1-2-8(4-10-3-1)12-6-9-5-11-7-13-9;/h5,7-8,10,12H,1-4,6H2;1H. The first-order valence-electron chi connectivity index (χ1n) is 4.76. The maximum atomic E-state index is 4.05. The molecule has 1 atom stereocenters. The molecule has 1 aromatic heterocycles. The third-order valence-electron chi connectivity index (χ3n) is 2.35. The molecule has 0 bridgehead atoms. The van der Waals surface area contributed by atoms with Gasteiger partial charge in [-0.3, -0.25) is 4.98 Å². The molecule has 1 unspecified atom stereocenters. The van der Waals surface area contributed by atoms with Crippen molar-refractivity contribution in [2.24, 2.45) is 0 Å². The quantitative estimate of drug-likeness (QED) is 0.829. The molecule has 5 heteroatoms. The molecule has 80 valence electrons. The van der Waals surface area contributed by atoms with E-state index in [-0.39, 0.29) is 12.4 Å². The second-order valence-electron chi connectivity index (χ2n) is 3.39. The second kappa shape index (κ2) is 6.35. The number of piperidine rings is 1. The molecule has 0 aliphatic carbocycles. The number of halogens is 1. The van der Waals surface area contributed by atoms with Crippen molar-refractivity contribution in [1.82, 2.24) is 15.6 Å². The highest BCUT2D eigenvalue weighted by molar-refractivity contribution is 7.09. The number of nitrogens with zero attached hydrogens (tertiary/aromatic N) is 1. The average Bonchev–Trinajstić information content (AvgIpc) is 2.69. The van der Waals surface area contributed by atoms with Gasteiger partial charge < -0.3 is 10.6 Å². The van der Waals surface area contributed by atoms with Gasteiger partial charge in [0.05, 0.1) is 5.51 Å². The van der Waals surface area contributed by atoms with E-state index >= 15 is 0 Å². The van der Waals surface area contributed by atoms with Crippen molar-refractivity contribution in [3.05, 3.63) is 16.6 Å². The van der Waals surface area contributed by atoms with E-state index in [9.17, 15) is 0 Å². The Morgan fingerprint density at radius 3 is 3.21 bits per heavy atom. The summed E-state index contributed by atoms with van der Waals surface area (Å²) in [5, 5.41) is 6.92. The van der Waals surface area contributed by atoms with Crippen LogP contribution in [0.25, 0.3) is 0 Å². The molecule has 0 saturated carbocycles. The predicted octanol–water partition coefficient (Wildman–Crippen LogP) is 1.41. The van der Waals surface area contributed by atoms with Crippen LogP contribution in [0.4, 0.5) is 0 Å². The fourth-order valence-corrected chi connectivity index (χ4v) is 2.15. The van der Waals surface area contributed by atoms with Crippen LogP contribution in [0.1, 0.15) is 17.7 Å². The molecule has 1 aliphatic heterocycles. The van der Waals surface area contributed by atoms with E-state index in [1.165, 1.54) is 24.3 Å². The van der Waals surface area contributed by atoms with Crippen LogP contribution < -0.4 is 10.6 Å². The third-order valence-corrected chi connectivity index (χ3v) is 3.12. The van der Waals surface area contributed by atoms with Gasteiger partial charge in [0, 0.05) is 30.2 Å². The van der Waals surface area contributed by atoms with Gasteiger partial charge in [-0.15, -0.1) is 23.7 Å². The first-order valence-corrected chi connectivity index (χ1v) is 5.64. The molecule has 2 heterocycles. The van der Waals surface area contributed by atoms with E-state index in [4.69, 9.17) is 0 Å². The largest absolute Gasteiger partial charge is 0.315 e. The van der Waals surface area contributed by atoms with Gasteiger partial charge in [-0.2, -0.15) is 0 Å². The summed E-state index contributed by atoms with van der Waals surface area (Å²) in [5.74, 6) is 0. The van der Waals surface area contributed by atoms with E-state index in [1.807, 2.05) is 11.7 Å². The van der Waals surface area contributed by atoms with Crippen LogP contribution in [-0.2, 0) is 6.54 Å². The lowest BCUT2D eigenvalue weighted by atomic mass is 10.1. The van der Waals surface area contributed by atoms with Crippen molar-refractivity contribution >= 4 is 23.7 Å². The first kappa shape index (κ1) is 11.9. The molecule has 1 saturated heterocycles. The van der Waals surface area contributed by atoms with Crippen LogP contribution in [-0.4, -0.2) is 24.1 Å². The zero-order valence-electron chi connectivity index (χ0n) is 8.03. The van der Waals surface area contributed by atoms with Crippen molar-refractivity contribution in [3.63, 3.8) is 0 Å². The number of thiazole rings is 1. The van der Waals surface area contributed by atoms with Crippen LogP contribution in [0.3, 0.4) is 0 Å². The first-order chi connectivity index (χ1) is 6.45. The molecule has 14 heavy (non-hydrogen) atoms. The van der Waals surface area contributed by atoms with Gasteiger partial charge in [-0.1, -0.05) is 0 Å². The Labute approximate surface area is 94.7 Å². The van der Waals surface area contributed by atoms with Gasteiger partial charge in [0.1, 0.15) is 0 Å². The molecule has 0 amide bonds.